The van der Waals surface area contributed by atoms with Gasteiger partial charge < -0.3 is 14.2 Å². The van der Waals surface area contributed by atoms with Crippen molar-refractivity contribution >= 4 is 43.4 Å². The summed E-state index contributed by atoms with van der Waals surface area (Å²) in [6, 6.07) is 6.13. The Morgan fingerprint density at radius 2 is 1.69 bits per heavy atom. The summed E-state index contributed by atoms with van der Waals surface area (Å²) in [5.74, 6) is -1.07. The zero-order chi connectivity index (χ0) is 23.5. The maximum Gasteiger partial charge on any atom is 0.418 e. The predicted molar refractivity (Wildman–Crippen MR) is 116 cm³/mol. The maximum absolute atomic E-state index is 14.1. The number of esters is 2. The summed E-state index contributed by atoms with van der Waals surface area (Å²) < 4.78 is 58.1. The normalized spacial score (nSPS) is 11.4. The number of halogens is 3. The van der Waals surface area contributed by atoms with Gasteiger partial charge in [-0.15, -0.1) is 11.3 Å². The van der Waals surface area contributed by atoms with Gasteiger partial charge in [0.05, 0.1) is 24.0 Å². The van der Waals surface area contributed by atoms with Crippen LogP contribution in [0.15, 0.2) is 49.6 Å². The Kier molecular flexibility index (Phi) is 6.88. The van der Waals surface area contributed by atoms with Crippen LogP contribution < -0.4 is 9.47 Å². The van der Waals surface area contributed by atoms with Crippen LogP contribution in [-0.2, 0) is 26.9 Å². The highest BCUT2D eigenvalue weighted by Crippen LogP contribution is 2.48. The number of alkyl halides is 3. The third-order valence-corrected chi connectivity index (χ3v) is 5.92. The molecule has 0 unspecified atom stereocenters. The first kappa shape index (κ1) is 23.3. The minimum Gasteiger partial charge on any atom is -0.491 e. The van der Waals surface area contributed by atoms with Gasteiger partial charge in [-0.2, -0.15) is 13.2 Å². The van der Waals surface area contributed by atoms with Gasteiger partial charge in [-0.25, -0.2) is 9.59 Å². The zero-order valence-corrected chi connectivity index (χ0v) is 17.9. The van der Waals surface area contributed by atoms with E-state index in [9.17, 15) is 22.8 Å². The van der Waals surface area contributed by atoms with Crippen molar-refractivity contribution in [2.75, 3.05) is 13.7 Å². The van der Waals surface area contributed by atoms with Gasteiger partial charge in [0, 0.05) is 27.6 Å². The van der Waals surface area contributed by atoms with Crippen LogP contribution in [-0.4, -0.2) is 25.7 Å². The Hall–Kier alpha value is -3.33. The van der Waals surface area contributed by atoms with Crippen molar-refractivity contribution in [1.82, 2.24) is 0 Å². The minimum absolute atomic E-state index is 0.0154. The van der Waals surface area contributed by atoms with Crippen molar-refractivity contribution in [1.29, 1.82) is 0 Å². The van der Waals surface area contributed by atoms with Gasteiger partial charge in [0.25, 0.3) is 0 Å². The summed E-state index contributed by atoms with van der Waals surface area (Å²) >= 11 is 0.916. The highest BCUT2D eigenvalue weighted by molar-refractivity contribution is 7.26. The number of carbonyl (C=O) groups is 2. The molecule has 32 heavy (non-hydrogen) atoms. The Bertz CT molecular complexity index is 1210. The lowest BCUT2D eigenvalue weighted by Crippen LogP contribution is -2.10. The second-order valence-corrected chi connectivity index (χ2v) is 7.67. The summed E-state index contributed by atoms with van der Waals surface area (Å²) in [7, 11) is 1.35. The summed E-state index contributed by atoms with van der Waals surface area (Å²) in [6.07, 6.45) is -2.32. The Balaban J connectivity index is 2.11. The molecule has 0 aliphatic carbocycles. The van der Waals surface area contributed by atoms with E-state index in [0.717, 1.165) is 23.5 Å². The summed E-state index contributed by atoms with van der Waals surface area (Å²) in [4.78, 5) is 22.7. The van der Waals surface area contributed by atoms with Crippen LogP contribution in [0.2, 0.25) is 0 Å². The van der Waals surface area contributed by atoms with Gasteiger partial charge in [0.2, 0.25) is 0 Å². The number of carbonyl (C=O) groups excluding carboxylic acids is 2. The topological polar surface area (TPSA) is 61.8 Å². The van der Waals surface area contributed by atoms with Crippen LogP contribution in [0.25, 0.3) is 20.2 Å². The maximum atomic E-state index is 14.1. The molecule has 1 heterocycles. The van der Waals surface area contributed by atoms with Crippen molar-refractivity contribution in [3.8, 4) is 11.5 Å². The standard InChI is InChI=1S/C23H19F3O5S/c1-4-17(27)30-12-6-7-13-8-9-14-15-10-11-16(31-18(28)5-2)20(29-3)22(15)32-21(14)19(13)23(24,25)26/h4-5,8-11H,1-2,6-7,12H2,3H3. The van der Waals surface area contributed by atoms with E-state index < -0.39 is 23.7 Å². The van der Waals surface area contributed by atoms with Gasteiger partial charge in [0.1, 0.15) is 0 Å². The molecule has 0 aliphatic heterocycles. The van der Waals surface area contributed by atoms with Crippen molar-refractivity contribution in [3.05, 3.63) is 60.7 Å². The molecule has 9 heteroatoms. The molecular weight excluding hydrogens is 445 g/mol. The molecule has 0 radical (unpaired) electrons. The number of rotatable bonds is 8. The lowest BCUT2D eigenvalue weighted by atomic mass is 9.99. The first-order chi connectivity index (χ1) is 15.2. The highest BCUT2D eigenvalue weighted by Gasteiger charge is 2.36. The summed E-state index contributed by atoms with van der Waals surface area (Å²) in [6.45, 7) is 6.59. The molecule has 0 saturated carbocycles. The van der Waals surface area contributed by atoms with Gasteiger partial charge >= 0.3 is 18.1 Å². The number of benzene rings is 2. The molecule has 5 nitrogen and oxygen atoms in total. The smallest absolute Gasteiger partial charge is 0.418 e. The predicted octanol–water partition coefficient (Wildman–Crippen LogP) is 5.84. The van der Waals surface area contributed by atoms with Crippen LogP contribution >= 0.6 is 11.3 Å². The van der Waals surface area contributed by atoms with Crippen LogP contribution in [0.1, 0.15) is 17.5 Å². The molecule has 0 N–H and O–H groups in total. The molecule has 0 amide bonds. The molecule has 3 aromatic rings. The molecule has 0 atom stereocenters. The first-order valence-corrected chi connectivity index (χ1v) is 10.3. The SMILES string of the molecule is C=CC(=O)OCCCc1ccc2c(sc3c(OC)c(OC(=O)C=C)ccc32)c1C(F)(F)F. The van der Waals surface area contributed by atoms with Crippen molar-refractivity contribution in [2.24, 2.45) is 0 Å². The van der Waals surface area contributed by atoms with E-state index in [-0.39, 0.29) is 41.2 Å². The van der Waals surface area contributed by atoms with E-state index in [0.29, 0.717) is 15.5 Å². The van der Waals surface area contributed by atoms with Crippen LogP contribution in [0.4, 0.5) is 13.2 Å². The summed E-state index contributed by atoms with van der Waals surface area (Å²) in [5.41, 5.74) is -0.638. The molecular formula is C23H19F3O5S. The summed E-state index contributed by atoms with van der Waals surface area (Å²) in [5, 5.41) is 0.969. The second-order valence-electron chi connectivity index (χ2n) is 6.65. The van der Waals surface area contributed by atoms with Crippen molar-refractivity contribution in [3.63, 3.8) is 0 Å². The number of hydrogen-bond donors (Lipinski definition) is 0. The largest absolute Gasteiger partial charge is 0.491 e. The molecule has 0 saturated heterocycles. The molecule has 3 rings (SSSR count). The van der Waals surface area contributed by atoms with Crippen LogP contribution in [0.5, 0.6) is 11.5 Å². The number of methoxy groups -OCH3 is 1. The third kappa shape index (κ3) is 4.62. The van der Waals surface area contributed by atoms with E-state index in [4.69, 9.17) is 14.2 Å². The van der Waals surface area contributed by atoms with E-state index >= 15 is 0 Å². The molecule has 1 aromatic heterocycles. The van der Waals surface area contributed by atoms with Crippen LogP contribution in [0.3, 0.4) is 0 Å². The Morgan fingerprint density at radius 1 is 1.03 bits per heavy atom. The van der Waals surface area contributed by atoms with Crippen molar-refractivity contribution in [2.45, 2.75) is 19.0 Å². The zero-order valence-electron chi connectivity index (χ0n) is 17.1. The minimum atomic E-state index is -4.60. The van der Waals surface area contributed by atoms with Gasteiger partial charge in [-0.3, -0.25) is 0 Å². The Labute approximate surface area is 185 Å². The van der Waals surface area contributed by atoms with E-state index in [2.05, 4.69) is 13.2 Å². The lowest BCUT2D eigenvalue weighted by Gasteiger charge is -2.14. The quantitative estimate of drug-likeness (QED) is 0.182. The average molecular weight is 464 g/mol. The highest BCUT2D eigenvalue weighted by atomic mass is 32.1. The van der Waals surface area contributed by atoms with Gasteiger partial charge in [-0.05, 0) is 30.5 Å². The third-order valence-electron chi connectivity index (χ3n) is 4.68. The molecule has 0 aliphatic rings. The van der Waals surface area contributed by atoms with Gasteiger partial charge in [0.15, 0.2) is 11.5 Å². The number of ether oxygens (including phenoxy) is 3. The molecule has 0 bridgehead atoms. The van der Waals surface area contributed by atoms with Gasteiger partial charge in [-0.1, -0.05) is 25.3 Å². The fourth-order valence-corrected chi connectivity index (χ4v) is 4.74. The molecule has 2 aromatic carbocycles. The van der Waals surface area contributed by atoms with Crippen LogP contribution in [0, 0.1) is 0 Å². The molecule has 168 valence electrons. The number of thiophene rings is 1. The fourth-order valence-electron chi connectivity index (χ4n) is 3.34. The fraction of sp³-hybridized carbons (Fsp3) is 0.217. The first-order valence-electron chi connectivity index (χ1n) is 9.47. The Morgan fingerprint density at radius 3 is 2.31 bits per heavy atom. The van der Waals surface area contributed by atoms with E-state index in [1.54, 1.807) is 12.1 Å². The number of hydrogen-bond acceptors (Lipinski definition) is 6. The average Bonchev–Trinajstić information content (AvgIpc) is 3.13. The monoisotopic (exact) mass is 464 g/mol. The number of aryl methyl sites for hydroxylation is 1. The second kappa shape index (κ2) is 9.44. The van der Waals surface area contributed by atoms with E-state index in [1.165, 1.54) is 19.2 Å². The molecule has 0 spiro atoms. The lowest BCUT2D eigenvalue weighted by molar-refractivity contribution is -0.139. The van der Waals surface area contributed by atoms with Crippen molar-refractivity contribution < 1.29 is 37.0 Å². The number of fused-ring (bicyclic) bond motifs is 3. The van der Waals surface area contributed by atoms with E-state index in [1.807, 2.05) is 0 Å². The molecule has 0 fully saturated rings.